The number of aryl methyl sites for hydroxylation is 1. The van der Waals surface area contributed by atoms with Crippen LogP contribution in [-0.2, 0) is 9.84 Å². The fraction of sp³-hybridized carbons (Fsp3) is 0.235. The van der Waals surface area contributed by atoms with Crippen LogP contribution in [0, 0.1) is 24.2 Å². The molecule has 0 aromatic heterocycles. The minimum absolute atomic E-state index is 0.220. The summed E-state index contributed by atoms with van der Waals surface area (Å²) in [5, 5.41) is 8.62. The molecule has 0 unspecified atom stereocenters. The van der Waals surface area contributed by atoms with Gasteiger partial charge in [0.1, 0.15) is 0 Å². The maximum absolute atomic E-state index is 12.7. The fourth-order valence-corrected chi connectivity index (χ4v) is 4.85. The van der Waals surface area contributed by atoms with E-state index in [1.807, 2.05) is 37.3 Å². The number of sulfone groups is 1. The molecule has 0 heterocycles. The summed E-state index contributed by atoms with van der Waals surface area (Å²) in [6, 6.07) is 18.4. The Hall–Kier alpha value is -2.12. The second-order valence-electron chi connectivity index (χ2n) is 5.41. The molecular formula is C17H15NO2S. The molecule has 1 aliphatic carbocycles. The molecule has 0 N–H and O–H groups in total. The van der Waals surface area contributed by atoms with Gasteiger partial charge in [0, 0.05) is 5.92 Å². The lowest BCUT2D eigenvalue weighted by atomic mass is 10.1. The number of benzene rings is 2. The molecule has 2 aromatic carbocycles. The summed E-state index contributed by atoms with van der Waals surface area (Å²) in [5.74, 6) is -0.679. The first-order valence-electron chi connectivity index (χ1n) is 6.81. The van der Waals surface area contributed by atoms with Crippen molar-refractivity contribution in [2.45, 2.75) is 23.0 Å². The van der Waals surface area contributed by atoms with Crippen LogP contribution < -0.4 is 0 Å². The maximum atomic E-state index is 12.7. The van der Waals surface area contributed by atoms with E-state index in [4.69, 9.17) is 0 Å². The highest BCUT2D eigenvalue weighted by atomic mass is 32.2. The van der Waals surface area contributed by atoms with Crippen LogP contribution in [0.4, 0.5) is 0 Å². The van der Waals surface area contributed by atoms with E-state index in [0.717, 1.165) is 11.1 Å². The van der Waals surface area contributed by atoms with Crippen LogP contribution in [0.15, 0.2) is 59.5 Å². The molecule has 0 aliphatic heterocycles. The number of nitrogens with zero attached hydrogens (tertiary/aromatic N) is 1. The van der Waals surface area contributed by atoms with Crippen molar-refractivity contribution in [2.24, 2.45) is 5.92 Å². The van der Waals surface area contributed by atoms with Crippen molar-refractivity contribution in [3.05, 3.63) is 65.7 Å². The summed E-state index contributed by atoms with van der Waals surface area (Å²) in [6.07, 6.45) is 0. The fourth-order valence-electron chi connectivity index (χ4n) is 2.78. The van der Waals surface area contributed by atoms with Crippen LogP contribution in [0.2, 0.25) is 0 Å². The number of rotatable bonds is 3. The standard InChI is InChI=1S/C17H15NO2S/c1-12-7-9-14(10-8-12)21(19,20)17-15(11-18)16(17)13-5-3-2-4-6-13/h2-10,15-17H,1H3/t15-,16+,17+/m1/s1. The molecule has 1 fully saturated rings. The van der Waals surface area contributed by atoms with E-state index in [1.165, 1.54) is 0 Å². The van der Waals surface area contributed by atoms with Gasteiger partial charge in [0.25, 0.3) is 0 Å². The van der Waals surface area contributed by atoms with E-state index in [2.05, 4.69) is 6.07 Å². The zero-order chi connectivity index (χ0) is 15.0. The quantitative estimate of drug-likeness (QED) is 0.874. The van der Waals surface area contributed by atoms with Crippen LogP contribution in [0.5, 0.6) is 0 Å². The zero-order valence-corrected chi connectivity index (χ0v) is 12.4. The molecule has 0 amide bonds. The van der Waals surface area contributed by atoms with Gasteiger partial charge in [0.15, 0.2) is 9.84 Å². The zero-order valence-electron chi connectivity index (χ0n) is 11.6. The van der Waals surface area contributed by atoms with Crippen molar-refractivity contribution in [1.29, 1.82) is 5.26 Å². The van der Waals surface area contributed by atoms with Gasteiger partial charge in [-0.15, -0.1) is 0 Å². The largest absolute Gasteiger partial charge is 0.223 e. The molecule has 106 valence electrons. The summed E-state index contributed by atoms with van der Waals surface area (Å²) in [7, 11) is -3.46. The van der Waals surface area contributed by atoms with Gasteiger partial charge in [-0.3, -0.25) is 0 Å². The Bertz CT molecular complexity index is 789. The molecule has 3 nitrogen and oxygen atoms in total. The molecule has 0 saturated heterocycles. The molecule has 0 bridgehead atoms. The van der Waals surface area contributed by atoms with Crippen molar-refractivity contribution in [1.82, 2.24) is 0 Å². The number of hydrogen-bond acceptors (Lipinski definition) is 3. The molecule has 1 saturated carbocycles. The highest BCUT2D eigenvalue weighted by Gasteiger charge is 2.59. The topological polar surface area (TPSA) is 57.9 Å². The van der Waals surface area contributed by atoms with E-state index in [1.54, 1.807) is 24.3 Å². The minimum atomic E-state index is -3.46. The maximum Gasteiger partial charge on any atom is 0.183 e. The molecule has 0 spiro atoms. The van der Waals surface area contributed by atoms with Gasteiger partial charge in [-0.05, 0) is 24.6 Å². The lowest BCUT2D eigenvalue weighted by Gasteiger charge is -2.04. The second-order valence-corrected chi connectivity index (χ2v) is 7.52. The molecule has 1 aliphatic rings. The summed E-state index contributed by atoms with van der Waals surface area (Å²) in [6.45, 7) is 1.92. The third-order valence-corrected chi connectivity index (χ3v) is 6.23. The Morgan fingerprint density at radius 1 is 1.00 bits per heavy atom. The van der Waals surface area contributed by atoms with E-state index < -0.39 is 21.0 Å². The van der Waals surface area contributed by atoms with Crippen LogP contribution in [-0.4, -0.2) is 13.7 Å². The molecule has 4 heteroatoms. The predicted molar refractivity (Wildman–Crippen MR) is 80.4 cm³/mol. The average Bonchev–Trinajstić information content (AvgIpc) is 3.24. The van der Waals surface area contributed by atoms with Crippen molar-refractivity contribution < 1.29 is 8.42 Å². The van der Waals surface area contributed by atoms with Crippen molar-refractivity contribution in [2.75, 3.05) is 0 Å². The second kappa shape index (κ2) is 5.01. The van der Waals surface area contributed by atoms with E-state index in [9.17, 15) is 13.7 Å². The Morgan fingerprint density at radius 3 is 2.19 bits per heavy atom. The van der Waals surface area contributed by atoms with Crippen LogP contribution in [0.1, 0.15) is 17.0 Å². The van der Waals surface area contributed by atoms with Gasteiger partial charge in [-0.1, -0.05) is 48.0 Å². The third kappa shape index (κ3) is 2.34. The van der Waals surface area contributed by atoms with Gasteiger partial charge >= 0.3 is 0 Å². The lowest BCUT2D eigenvalue weighted by Crippen LogP contribution is -2.10. The minimum Gasteiger partial charge on any atom is -0.223 e. The summed E-state index contributed by atoms with van der Waals surface area (Å²) in [4.78, 5) is 0.303. The summed E-state index contributed by atoms with van der Waals surface area (Å²) < 4.78 is 25.4. The highest BCUT2D eigenvalue weighted by Crippen LogP contribution is 2.53. The van der Waals surface area contributed by atoms with Crippen molar-refractivity contribution >= 4 is 9.84 Å². The Balaban J connectivity index is 1.97. The van der Waals surface area contributed by atoms with Crippen molar-refractivity contribution in [3.63, 3.8) is 0 Å². The van der Waals surface area contributed by atoms with Gasteiger partial charge in [-0.25, -0.2) is 8.42 Å². The number of nitriles is 1. The van der Waals surface area contributed by atoms with Crippen LogP contribution in [0.3, 0.4) is 0 Å². The highest BCUT2D eigenvalue weighted by molar-refractivity contribution is 7.92. The molecule has 3 atom stereocenters. The van der Waals surface area contributed by atoms with Crippen LogP contribution in [0.25, 0.3) is 0 Å². The van der Waals surface area contributed by atoms with Gasteiger partial charge in [-0.2, -0.15) is 5.26 Å². The molecule has 21 heavy (non-hydrogen) atoms. The first-order valence-corrected chi connectivity index (χ1v) is 8.35. The van der Waals surface area contributed by atoms with E-state index in [0.29, 0.717) is 4.90 Å². The van der Waals surface area contributed by atoms with E-state index >= 15 is 0 Å². The van der Waals surface area contributed by atoms with Crippen molar-refractivity contribution in [3.8, 4) is 6.07 Å². The van der Waals surface area contributed by atoms with Gasteiger partial charge in [0.2, 0.25) is 0 Å². The Morgan fingerprint density at radius 2 is 1.62 bits per heavy atom. The van der Waals surface area contributed by atoms with Gasteiger partial charge < -0.3 is 0 Å². The predicted octanol–water partition coefficient (Wildman–Crippen LogP) is 3.07. The normalized spacial score (nSPS) is 24.3. The Kier molecular flexibility index (Phi) is 3.30. The first kappa shape index (κ1) is 13.8. The molecule has 3 rings (SSSR count). The molecule has 2 aromatic rings. The summed E-state index contributed by atoms with van der Waals surface area (Å²) >= 11 is 0. The van der Waals surface area contributed by atoms with Gasteiger partial charge in [0.05, 0.1) is 22.1 Å². The van der Waals surface area contributed by atoms with Crippen LogP contribution >= 0.6 is 0 Å². The summed E-state index contributed by atoms with van der Waals surface area (Å²) in [5.41, 5.74) is 1.94. The molecule has 0 radical (unpaired) electrons. The van der Waals surface area contributed by atoms with E-state index in [-0.39, 0.29) is 5.92 Å². The number of hydrogen-bond donors (Lipinski definition) is 0. The molecular weight excluding hydrogens is 282 g/mol. The lowest BCUT2D eigenvalue weighted by molar-refractivity contribution is 0.593. The first-order chi connectivity index (χ1) is 10.1. The average molecular weight is 297 g/mol. The Labute approximate surface area is 124 Å². The smallest absolute Gasteiger partial charge is 0.183 e. The SMILES string of the molecule is Cc1ccc(S(=O)(=O)[C@H]2[C@H](C#N)[C@@H]2c2ccccc2)cc1. The third-order valence-electron chi connectivity index (χ3n) is 4.00. The monoisotopic (exact) mass is 297 g/mol.